The zero-order valence-corrected chi connectivity index (χ0v) is 10.7. The van der Waals surface area contributed by atoms with Gasteiger partial charge >= 0.3 is 0 Å². The standard InChI is InChI=1S/C17H16N2/c18-15(12-13-6-2-1-3-7-13)17-11-10-14-8-4-5-9-16(14)19-17/h1-11,15H,12,18H2/t15-/m0/s1. The van der Waals surface area contributed by atoms with Crippen molar-refractivity contribution < 1.29 is 0 Å². The van der Waals surface area contributed by atoms with Crippen LogP contribution in [-0.4, -0.2) is 4.98 Å². The molecule has 1 aromatic heterocycles. The van der Waals surface area contributed by atoms with Crippen LogP contribution in [0.3, 0.4) is 0 Å². The third-order valence-corrected chi connectivity index (χ3v) is 3.30. The van der Waals surface area contributed by atoms with Crippen LogP contribution in [0, 0.1) is 0 Å². The quantitative estimate of drug-likeness (QED) is 0.770. The van der Waals surface area contributed by atoms with E-state index < -0.39 is 0 Å². The number of aromatic nitrogens is 1. The summed E-state index contributed by atoms with van der Waals surface area (Å²) in [4.78, 5) is 4.65. The summed E-state index contributed by atoms with van der Waals surface area (Å²) in [6.07, 6.45) is 0.812. The van der Waals surface area contributed by atoms with E-state index in [9.17, 15) is 0 Å². The summed E-state index contributed by atoms with van der Waals surface area (Å²) in [7, 11) is 0. The first-order valence-corrected chi connectivity index (χ1v) is 6.48. The van der Waals surface area contributed by atoms with Crippen molar-refractivity contribution in [3.63, 3.8) is 0 Å². The maximum atomic E-state index is 6.26. The average Bonchev–Trinajstić information content (AvgIpc) is 2.48. The lowest BCUT2D eigenvalue weighted by Gasteiger charge is -2.12. The molecule has 2 aromatic carbocycles. The molecule has 0 bridgehead atoms. The Labute approximate surface area is 112 Å². The summed E-state index contributed by atoms with van der Waals surface area (Å²) in [6, 6.07) is 22.4. The highest BCUT2D eigenvalue weighted by molar-refractivity contribution is 5.78. The minimum Gasteiger partial charge on any atom is -0.322 e. The van der Waals surface area contributed by atoms with Crippen LogP contribution in [0.15, 0.2) is 66.7 Å². The van der Waals surface area contributed by atoms with Gasteiger partial charge in [-0.2, -0.15) is 0 Å². The van der Waals surface area contributed by atoms with Gasteiger partial charge in [0.1, 0.15) is 0 Å². The van der Waals surface area contributed by atoms with Gasteiger partial charge in [0.15, 0.2) is 0 Å². The molecule has 1 atom stereocenters. The van der Waals surface area contributed by atoms with Crippen molar-refractivity contribution in [1.29, 1.82) is 0 Å². The summed E-state index contributed by atoms with van der Waals surface area (Å²) >= 11 is 0. The maximum absolute atomic E-state index is 6.26. The lowest BCUT2D eigenvalue weighted by molar-refractivity contribution is 0.700. The Balaban J connectivity index is 1.87. The van der Waals surface area contributed by atoms with E-state index in [0.29, 0.717) is 0 Å². The SMILES string of the molecule is N[C@@H](Cc1ccccc1)c1ccc2ccccc2n1. The molecular formula is C17H16N2. The van der Waals surface area contributed by atoms with Gasteiger partial charge < -0.3 is 5.73 Å². The molecule has 2 N–H and O–H groups in total. The molecule has 19 heavy (non-hydrogen) atoms. The molecule has 0 saturated carbocycles. The van der Waals surface area contributed by atoms with Crippen molar-refractivity contribution >= 4 is 10.9 Å². The van der Waals surface area contributed by atoms with Gasteiger partial charge in [0.2, 0.25) is 0 Å². The number of rotatable bonds is 3. The minimum atomic E-state index is -0.0630. The largest absolute Gasteiger partial charge is 0.322 e. The van der Waals surface area contributed by atoms with E-state index in [1.165, 1.54) is 5.56 Å². The molecule has 0 aliphatic rings. The third-order valence-electron chi connectivity index (χ3n) is 3.30. The first-order chi connectivity index (χ1) is 9.33. The van der Waals surface area contributed by atoms with Gasteiger partial charge in [-0.1, -0.05) is 54.6 Å². The second-order valence-corrected chi connectivity index (χ2v) is 4.73. The molecule has 0 amide bonds. The zero-order chi connectivity index (χ0) is 13.1. The van der Waals surface area contributed by atoms with Crippen LogP contribution in [0.1, 0.15) is 17.3 Å². The van der Waals surface area contributed by atoms with Crippen LogP contribution in [0.4, 0.5) is 0 Å². The molecule has 0 spiro atoms. The summed E-state index contributed by atoms with van der Waals surface area (Å²) in [5, 5.41) is 1.15. The predicted octanol–water partition coefficient (Wildman–Crippen LogP) is 3.48. The van der Waals surface area contributed by atoms with E-state index in [1.807, 2.05) is 42.5 Å². The first kappa shape index (κ1) is 11.9. The topological polar surface area (TPSA) is 38.9 Å². The van der Waals surface area contributed by atoms with Crippen molar-refractivity contribution in [3.8, 4) is 0 Å². The number of hydrogen-bond acceptors (Lipinski definition) is 2. The Bertz CT molecular complexity index is 677. The summed E-state index contributed by atoms with van der Waals surface area (Å²) in [6.45, 7) is 0. The zero-order valence-electron chi connectivity index (χ0n) is 10.7. The average molecular weight is 248 g/mol. The van der Waals surface area contributed by atoms with E-state index in [2.05, 4.69) is 29.2 Å². The molecule has 3 rings (SSSR count). The highest BCUT2D eigenvalue weighted by atomic mass is 14.8. The molecular weight excluding hydrogens is 232 g/mol. The molecule has 0 aliphatic carbocycles. The molecule has 0 fully saturated rings. The molecule has 0 aliphatic heterocycles. The molecule has 94 valence electrons. The van der Waals surface area contributed by atoms with Crippen LogP contribution in [0.25, 0.3) is 10.9 Å². The number of pyridine rings is 1. The van der Waals surface area contributed by atoms with Gasteiger partial charge in [-0.05, 0) is 24.1 Å². The van der Waals surface area contributed by atoms with E-state index in [0.717, 1.165) is 23.0 Å². The second-order valence-electron chi connectivity index (χ2n) is 4.73. The first-order valence-electron chi connectivity index (χ1n) is 6.48. The predicted molar refractivity (Wildman–Crippen MR) is 78.8 cm³/mol. The Morgan fingerprint density at radius 3 is 2.42 bits per heavy atom. The summed E-state index contributed by atoms with van der Waals surface area (Å²) < 4.78 is 0. The van der Waals surface area contributed by atoms with E-state index >= 15 is 0 Å². The molecule has 0 radical (unpaired) electrons. The van der Waals surface area contributed by atoms with Gasteiger partial charge in [-0.25, -0.2) is 0 Å². The smallest absolute Gasteiger partial charge is 0.0706 e. The van der Waals surface area contributed by atoms with E-state index in [4.69, 9.17) is 5.73 Å². The number of nitrogens with zero attached hydrogens (tertiary/aromatic N) is 1. The number of hydrogen-bond donors (Lipinski definition) is 1. The Hall–Kier alpha value is -2.19. The van der Waals surface area contributed by atoms with Gasteiger partial charge in [0, 0.05) is 5.39 Å². The van der Waals surface area contributed by atoms with E-state index in [-0.39, 0.29) is 6.04 Å². The van der Waals surface area contributed by atoms with Crippen molar-refractivity contribution in [2.45, 2.75) is 12.5 Å². The van der Waals surface area contributed by atoms with Crippen molar-refractivity contribution in [2.24, 2.45) is 5.73 Å². The van der Waals surface area contributed by atoms with Crippen molar-refractivity contribution in [2.75, 3.05) is 0 Å². The van der Waals surface area contributed by atoms with Crippen LogP contribution >= 0.6 is 0 Å². The maximum Gasteiger partial charge on any atom is 0.0706 e. The van der Waals surface area contributed by atoms with E-state index in [1.54, 1.807) is 0 Å². The Morgan fingerprint density at radius 1 is 0.842 bits per heavy atom. The van der Waals surface area contributed by atoms with Crippen LogP contribution in [-0.2, 0) is 6.42 Å². The third kappa shape index (κ3) is 2.64. The monoisotopic (exact) mass is 248 g/mol. The summed E-state index contributed by atoms with van der Waals surface area (Å²) in [5.41, 5.74) is 9.45. The lowest BCUT2D eigenvalue weighted by Crippen LogP contribution is -2.14. The fourth-order valence-corrected chi connectivity index (χ4v) is 2.26. The highest BCUT2D eigenvalue weighted by Crippen LogP contribution is 2.18. The molecule has 2 heteroatoms. The van der Waals surface area contributed by atoms with Gasteiger partial charge in [0.05, 0.1) is 17.3 Å². The highest BCUT2D eigenvalue weighted by Gasteiger charge is 2.09. The van der Waals surface area contributed by atoms with Crippen molar-refractivity contribution in [1.82, 2.24) is 4.98 Å². The van der Waals surface area contributed by atoms with Crippen LogP contribution in [0.2, 0.25) is 0 Å². The number of benzene rings is 2. The number of nitrogens with two attached hydrogens (primary N) is 1. The Kier molecular flexibility index (Phi) is 3.25. The van der Waals surface area contributed by atoms with Crippen LogP contribution in [0.5, 0.6) is 0 Å². The minimum absolute atomic E-state index is 0.0630. The number of para-hydroxylation sites is 1. The fourth-order valence-electron chi connectivity index (χ4n) is 2.26. The molecule has 1 heterocycles. The second kappa shape index (κ2) is 5.21. The fraction of sp³-hybridized carbons (Fsp3) is 0.118. The van der Waals surface area contributed by atoms with Crippen molar-refractivity contribution in [3.05, 3.63) is 78.0 Å². The van der Waals surface area contributed by atoms with Crippen LogP contribution < -0.4 is 5.73 Å². The number of fused-ring (bicyclic) bond motifs is 1. The Morgan fingerprint density at radius 2 is 1.58 bits per heavy atom. The van der Waals surface area contributed by atoms with Gasteiger partial charge in [0.25, 0.3) is 0 Å². The molecule has 2 nitrogen and oxygen atoms in total. The normalized spacial score (nSPS) is 12.5. The molecule has 0 saturated heterocycles. The molecule has 0 unspecified atom stereocenters. The molecule has 3 aromatic rings. The lowest BCUT2D eigenvalue weighted by atomic mass is 10.0. The van der Waals surface area contributed by atoms with Gasteiger partial charge in [-0.15, -0.1) is 0 Å². The van der Waals surface area contributed by atoms with Gasteiger partial charge in [-0.3, -0.25) is 4.98 Å². The summed E-state index contributed by atoms with van der Waals surface area (Å²) in [5.74, 6) is 0.